The van der Waals surface area contributed by atoms with E-state index in [0.717, 1.165) is 11.2 Å². The summed E-state index contributed by atoms with van der Waals surface area (Å²) in [7, 11) is 3.35. The van der Waals surface area contributed by atoms with Gasteiger partial charge in [0.05, 0.1) is 7.11 Å². The molecule has 0 aliphatic carbocycles. The van der Waals surface area contributed by atoms with E-state index in [1.165, 1.54) is 18.1 Å². The summed E-state index contributed by atoms with van der Waals surface area (Å²) in [6, 6.07) is 7.55. The summed E-state index contributed by atoms with van der Waals surface area (Å²) >= 11 is 0. The molecule has 2 rings (SSSR count). The molecule has 1 aromatic carbocycles. The number of rotatable bonds is 3. The van der Waals surface area contributed by atoms with E-state index in [1.807, 2.05) is 19.2 Å². The van der Waals surface area contributed by atoms with Gasteiger partial charge in [-0.3, -0.25) is 4.79 Å². The number of hydrogen-bond donors (Lipinski definition) is 1. The highest BCUT2D eigenvalue weighted by Crippen LogP contribution is 2.25. The first kappa shape index (κ1) is 12.6. The summed E-state index contributed by atoms with van der Waals surface area (Å²) in [6.45, 7) is 2.06. The van der Waals surface area contributed by atoms with Crippen LogP contribution >= 0.6 is 0 Å². The fourth-order valence-electron chi connectivity index (χ4n) is 2.37. The Morgan fingerprint density at radius 2 is 2.11 bits per heavy atom. The third kappa shape index (κ3) is 1.99. The van der Waals surface area contributed by atoms with Gasteiger partial charge in [0.2, 0.25) is 0 Å². The molecule has 1 aromatic heterocycles. The Kier molecular flexibility index (Phi) is 3.39. The van der Waals surface area contributed by atoms with E-state index in [0.29, 0.717) is 6.42 Å². The topological polar surface area (TPSA) is 57.2 Å². The molecular formula is C14H18N2O2. The van der Waals surface area contributed by atoms with Gasteiger partial charge in [-0.15, -0.1) is 0 Å². The van der Waals surface area contributed by atoms with Gasteiger partial charge in [-0.25, -0.2) is 0 Å². The second-order valence-electron chi connectivity index (χ2n) is 4.48. The van der Waals surface area contributed by atoms with Crippen LogP contribution < -0.4 is 5.73 Å². The van der Waals surface area contributed by atoms with Crippen molar-refractivity contribution in [3.8, 4) is 0 Å². The van der Waals surface area contributed by atoms with Crippen LogP contribution in [0.5, 0.6) is 0 Å². The molecule has 0 aliphatic rings. The number of nitrogens with zero attached hydrogens (tertiary/aromatic N) is 1. The summed E-state index contributed by atoms with van der Waals surface area (Å²) in [6.07, 6.45) is 0.490. The molecular weight excluding hydrogens is 228 g/mol. The lowest BCUT2D eigenvalue weighted by Crippen LogP contribution is -2.34. The fourth-order valence-corrected chi connectivity index (χ4v) is 2.37. The van der Waals surface area contributed by atoms with Gasteiger partial charge in [0.15, 0.2) is 0 Å². The highest BCUT2D eigenvalue weighted by Gasteiger charge is 2.19. The zero-order valence-corrected chi connectivity index (χ0v) is 10.9. The van der Waals surface area contributed by atoms with Gasteiger partial charge in [0, 0.05) is 30.1 Å². The largest absolute Gasteiger partial charge is 0.468 e. The predicted octanol–water partition coefficient (Wildman–Crippen LogP) is 1.53. The van der Waals surface area contributed by atoms with Crippen LogP contribution in [0, 0.1) is 6.92 Å². The molecule has 18 heavy (non-hydrogen) atoms. The molecule has 96 valence electrons. The van der Waals surface area contributed by atoms with Gasteiger partial charge in [0.1, 0.15) is 6.04 Å². The average Bonchev–Trinajstić information content (AvgIpc) is 2.63. The zero-order valence-electron chi connectivity index (χ0n) is 10.9. The third-order valence-corrected chi connectivity index (χ3v) is 3.42. The number of aryl methyl sites for hydroxylation is 2. The maximum absolute atomic E-state index is 11.4. The van der Waals surface area contributed by atoms with Gasteiger partial charge < -0.3 is 15.0 Å². The number of benzene rings is 1. The Hall–Kier alpha value is -1.81. The second kappa shape index (κ2) is 4.82. The van der Waals surface area contributed by atoms with E-state index in [9.17, 15) is 4.79 Å². The molecule has 4 nitrogen and oxygen atoms in total. The monoisotopic (exact) mass is 246 g/mol. The lowest BCUT2D eigenvalue weighted by Gasteiger charge is -2.11. The van der Waals surface area contributed by atoms with Crippen molar-refractivity contribution in [3.63, 3.8) is 0 Å². The minimum absolute atomic E-state index is 0.375. The van der Waals surface area contributed by atoms with Gasteiger partial charge >= 0.3 is 5.97 Å². The van der Waals surface area contributed by atoms with Crippen molar-refractivity contribution < 1.29 is 9.53 Å². The first-order valence-corrected chi connectivity index (χ1v) is 5.92. The number of fused-ring (bicyclic) bond motifs is 1. The van der Waals surface area contributed by atoms with E-state index in [1.54, 1.807) is 0 Å². The summed E-state index contributed by atoms with van der Waals surface area (Å²) in [4.78, 5) is 11.4. The lowest BCUT2D eigenvalue weighted by atomic mass is 10.1. The van der Waals surface area contributed by atoms with Gasteiger partial charge in [0.25, 0.3) is 0 Å². The zero-order chi connectivity index (χ0) is 13.3. The minimum atomic E-state index is -0.614. The van der Waals surface area contributed by atoms with Crippen LogP contribution in [0.25, 0.3) is 10.9 Å². The number of carbonyl (C=O) groups excluding carboxylic acids is 1. The van der Waals surface area contributed by atoms with Gasteiger partial charge in [-0.1, -0.05) is 18.2 Å². The van der Waals surface area contributed by atoms with Crippen molar-refractivity contribution in [1.29, 1.82) is 0 Å². The van der Waals surface area contributed by atoms with E-state index < -0.39 is 6.04 Å². The molecule has 0 saturated carbocycles. The number of nitrogens with two attached hydrogens (primary N) is 1. The highest BCUT2D eigenvalue weighted by molar-refractivity contribution is 5.85. The summed E-state index contributed by atoms with van der Waals surface area (Å²) in [5, 5.41) is 1.20. The van der Waals surface area contributed by atoms with E-state index in [2.05, 4.69) is 28.4 Å². The summed E-state index contributed by atoms with van der Waals surface area (Å²) in [5.41, 5.74) is 9.24. The number of methoxy groups -OCH3 is 1. The molecule has 1 unspecified atom stereocenters. The molecule has 0 amide bonds. The first-order valence-electron chi connectivity index (χ1n) is 5.92. The summed E-state index contributed by atoms with van der Waals surface area (Å²) in [5.74, 6) is -0.375. The first-order chi connectivity index (χ1) is 8.56. The smallest absolute Gasteiger partial charge is 0.323 e. The van der Waals surface area contributed by atoms with Crippen LogP contribution in [0.1, 0.15) is 11.3 Å². The molecule has 1 atom stereocenters. The van der Waals surface area contributed by atoms with Crippen LogP contribution in [-0.2, 0) is 23.0 Å². The number of para-hydroxylation sites is 1. The Labute approximate surface area is 106 Å². The Balaban J connectivity index is 2.42. The molecule has 4 heteroatoms. The van der Waals surface area contributed by atoms with Crippen molar-refractivity contribution in [1.82, 2.24) is 4.57 Å². The quantitative estimate of drug-likeness (QED) is 0.836. The summed E-state index contributed by atoms with van der Waals surface area (Å²) < 4.78 is 6.76. The number of hydrogen-bond acceptors (Lipinski definition) is 3. The van der Waals surface area contributed by atoms with Crippen LogP contribution in [0.2, 0.25) is 0 Å². The number of aromatic nitrogens is 1. The average molecular weight is 246 g/mol. The molecule has 1 heterocycles. The lowest BCUT2D eigenvalue weighted by molar-refractivity contribution is -0.142. The van der Waals surface area contributed by atoms with Gasteiger partial charge in [-0.2, -0.15) is 0 Å². The van der Waals surface area contributed by atoms with E-state index >= 15 is 0 Å². The van der Waals surface area contributed by atoms with Crippen molar-refractivity contribution >= 4 is 16.9 Å². The fraction of sp³-hybridized carbons (Fsp3) is 0.357. The van der Waals surface area contributed by atoms with Crippen molar-refractivity contribution in [2.45, 2.75) is 19.4 Å². The normalized spacial score (nSPS) is 12.7. The number of ether oxygens (including phenoxy) is 1. The van der Waals surface area contributed by atoms with Crippen molar-refractivity contribution in [3.05, 3.63) is 35.5 Å². The molecule has 2 N–H and O–H groups in total. The Morgan fingerprint density at radius 3 is 2.72 bits per heavy atom. The molecule has 2 aromatic rings. The number of esters is 1. The SMILES string of the molecule is COC(=O)C(N)Cc1c(C)c2ccccc2n1C. The molecule has 0 aliphatic heterocycles. The number of carbonyl (C=O) groups is 1. The molecule has 0 saturated heterocycles. The third-order valence-electron chi connectivity index (χ3n) is 3.42. The Morgan fingerprint density at radius 1 is 1.44 bits per heavy atom. The van der Waals surface area contributed by atoms with Crippen molar-refractivity contribution in [2.24, 2.45) is 12.8 Å². The maximum atomic E-state index is 11.4. The minimum Gasteiger partial charge on any atom is -0.468 e. The van der Waals surface area contributed by atoms with E-state index in [4.69, 9.17) is 5.73 Å². The standard InChI is InChI=1S/C14H18N2O2/c1-9-10-6-4-5-7-12(10)16(2)13(9)8-11(15)14(17)18-3/h4-7,11H,8,15H2,1-3H3. The molecule has 0 radical (unpaired) electrons. The molecule has 0 spiro atoms. The predicted molar refractivity (Wildman–Crippen MR) is 71.4 cm³/mol. The second-order valence-corrected chi connectivity index (χ2v) is 4.48. The van der Waals surface area contributed by atoms with Crippen molar-refractivity contribution in [2.75, 3.05) is 7.11 Å². The van der Waals surface area contributed by atoms with Crippen LogP contribution in [0.4, 0.5) is 0 Å². The Bertz CT molecular complexity index is 548. The highest BCUT2D eigenvalue weighted by atomic mass is 16.5. The van der Waals surface area contributed by atoms with Crippen LogP contribution in [0.3, 0.4) is 0 Å². The molecule has 0 fully saturated rings. The van der Waals surface area contributed by atoms with Gasteiger partial charge in [-0.05, 0) is 18.6 Å². The molecule has 0 bridgehead atoms. The maximum Gasteiger partial charge on any atom is 0.323 e. The van der Waals surface area contributed by atoms with Crippen LogP contribution in [0.15, 0.2) is 24.3 Å². The van der Waals surface area contributed by atoms with Crippen LogP contribution in [-0.4, -0.2) is 23.7 Å². The van der Waals surface area contributed by atoms with E-state index in [-0.39, 0.29) is 5.97 Å².